The van der Waals surface area contributed by atoms with Crippen LogP contribution in [0, 0.1) is 0 Å². The largest absolute Gasteiger partial charge is 0.468 e. The molecule has 15 heavy (non-hydrogen) atoms. The van der Waals surface area contributed by atoms with Gasteiger partial charge in [-0.05, 0) is 12.8 Å². The van der Waals surface area contributed by atoms with Crippen molar-refractivity contribution in [2.75, 3.05) is 6.61 Å². The van der Waals surface area contributed by atoms with Crippen molar-refractivity contribution < 1.29 is 14.6 Å². The fourth-order valence-electron chi connectivity index (χ4n) is 0.827. The zero-order valence-corrected chi connectivity index (χ0v) is 9.95. The van der Waals surface area contributed by atoms with Gasteiger partial charge in [-0.15, -0.1) is 6.58 Å². The van der Waals surface area contributed by atoms with Gasteiger partial charge in [-0.3, -0.25) is 4.79 Å². The van der Waals surface area contributed by atoms with Crippen LogP contribution in [0.3, 0.4) is 0 Å². The van der Waals surface area contributed by atoms with Crippen molar-refractivity contribution in [3.63, 3.8) is 0 Å². The molecule has 0 radical (unpaired) electrons. The van der Waals surface area contributed by atoms with Crippen molar-refractivity contribution in [3.8, 4) is 0 Å². The molecular formula is C12H24O3. The van der Waals surface area contributed by atoms with Crippen LogP contribution in [-0.4, -0.2) is 24.3 Å². The number of hydrogen-bond acceptors (Lipinski definition) is 3. The Kier molecular flexibility index (Phi) is 17.3. The van der Waals surface area contributed by atoms with Gasteiger partial charge in [0.25, 0.3) is 6.47 Å². The first-order valence-corrected chi connectivity index (χ1v) is 5.58. The molecule has 0 amide bonds. The number of unbranched alkanes of at least 4 members (excludes halogenated alkanes) is 3. The lowest BCUT2D eigenvalue weighted by Gasteiger charge is -1.95. The van der Waals surface area contributed by atoms with Gasteiger partial charge in [-0.25, -0.2) is 0 Å². The van der Waals surface area contributed by atoms with Crippen LogP contribution in [0.15, 0.2) is 12.7 Å². The van der Waals surface area contributed by atoms with Gasteiger partial charge >= 0.3 is 0 Å². The smallest absolute Gasteiger partial charge is 0.293 e. The van der Waals surface area contributed by atoms with Crippen molar-refractivity contribution in [1.29, 1.82) is 0 Å². The maximum Gasteiger partial charge on any atom is 0.293 e. The van der Waals surface area contributed by atoms with E-state index < -0.39 is 0 Å². The summed E-state index contributed by atoms with van der Waals surface area (Å²) < 4.78 is 4.50. The van der Waals surface area contributed by atoms with Crippen LogP contribution in [0.1, 0.15) is 46.0 Å². The summed E-state index contributed by atoms with van der Waals surface area (Å²) >= 11 is 0. The molecule has 90 valence electrons. The Morgan fingerprint density at radius 2 is 2.00 bits per heavy atom. The van der Waals surface area contributed by atoms with Crippen molar-refractivity contribution in [2.45, 2.75) is 52.1 Å². The van der Waals surface area contributed by atoms with Crippen LogP contribution in [0.4, 0.5) is 0 Å². The Labute approximate surface area is 93.1 Å². The van der Waals surface area contributed by atoms with E-state index >= 15 is 0 Å². The third-order valence-corrected chi connectivity index (χ3v) is 1.87. The Balaban J connectivity index is 0. The number of hydrogen-bond donors (Lipinski definition) is 1. The standard InChI is InChI=1S/C7H14O2.C5H10O/c1-2-3-4-5-6-9-7-8;1-3-5(6)4-2/h7H,2-6H2,1H3;3,5-6H,1,4H2,2H3. The minimum atomic E-state index is -0.301. The molecule has 0 aliphatic heterocycles. The summed E-state index contributed by atoms with van der Waals surface area (Å²) in [7, 11) is 0. The van der Waals surface area contributed by atoms with E-state index in [1.807, 2.05) is 6.92 Å². The second-order valence-corrected chi connectivity index (χ2v) is 3.24. The molecule has 0 aromatic heterocycles. The maximum absolute atomic E-state index is 9.62. The molecule has 0 rings (SSSR count). The molecule has 0 heterocycles. The Hall–Kier alpha value is -0.830. The molecule has 0 fully saturated rings. The zero-order valence-electron chi connectivity index (χ0n) is 9.95. The van der Waals surface area contributed by atoms with Gasteiger partial charge in [0.1, 0.15) is 0 Å². The van der Waals surface area contributed by atoms with E-state index in [9.17, 15) is 4.79 Å². The van der Waals surface area contributed by atoms with Gasteiger partial charge in [0.15, 0.2) is 0 Å². The summed E-state index contributed by atoms with van der Waals surface area (Å²) in [6.07, 6.45) is 6.63. The van der Waals surface area contributed by atoms with E-state index in [-0.39, 0.29) is 6.10 Å². The molecule has 1 N–H and O–H groups in total. The van der Waals surface area contributed by atoms with Crippen LogP contribution in [-0.2, 0) is 9.53 Å². The molecule has 0 aromatic carbocycles. The Morgan fingerprint density at radius 3 is 2.33 bits per heavy atom. The number of rotatable bonds is 8. The Bertz CT molecular complexity index is 135. The quantitative estimate of drug-likeness (QED) is 0.385. The number of aliphatic hydroxyl groups is 1. The minimum absolute atomic E-state index is 0.301. The van der Waals surface area contributed by atoms with Crippen LogP contribution < -0.4 is 0 Å². The van der Waals surface area contributed by atoms with Crippen molar-refractivity contribution in [2.24, 2.45) is 0 Å². The van der Waals surface area contributed by atoms with Gasteiger partial charge in [0, 0.05) is 0 Å². The highest BCUT2D eigenvalue weighted by Gasteiger charge is 1.86. The first-order chi connectivity index (χ1) is 7.22. The molecule has 0 bridgehead atoms. The number of ether oxygens (including phenoxy) is 1. The molecule has 1 atom stereocenters. The normalized spacial score (nSPS) is 10.9. The third-order valence-electron chi connectivity index (χ3n) is 1.87. The highest BCUT2D eigenvalue weighted by Crippen LogP contribution is 1.97. The fraction of sp³-hybridized carbons (Fsp3) is 0.750. The van der Waals surface area contributed by atoms with Crippen LogP contribution in [0.2, 0.25) is 0 Å². The van der Waals surface area contributed by atoms with Gasteiger partial charge < -0.3 is 9.84 Å². The molecule has 3 nitrogen and oxygen atoms in total. The van der Waals surface area contributed by atoms with Crippen molar-refractivity contribution in [3.05, 3.63) is 12.7 Å². The van der Waals surface area contributed by atoms with E-state index in [2.05, 4.69) is 18.2 Å². The topological polar surface area (TPSA) is 46.5 Å². The number of aliphatic hydroxyl groups excluding tert-OH is 1. The first-order valence-electron chi connectivity index (χ1n) is 5.58. The molecule has 0 aliphatic rings. The van der Waals surface area contributed by atoms with E-state index in [4.69, 9.17) is 5.11 Å². The highest BCUT2D eigenvalue weighted by molar-refractivity contribution is 5.36. The molecule has 0 aliphatic carbocycles. The van der Waals surface area contributed by atoms with Crippen LogP contribution in [0.25, 0.3) is 0 Å². The molecule has 1 unspecified atom stereocenters. The summed E-state index contributed by atoms with van der Waals surface area (Å²) in [5.41, 5.74) is 0. The maximum atomic E-state index is 9.62. The highest BCUT2D eigenvalue weighted by atomic mass is 16.5. The minimum Gasteiger partial charge on any atom is -0.468 e. The van der Waals surface area contributed by atoms with E-state index in [0.29, 0.717) is 13.1 Å². The van der Waals surface area contributed by atoms with E-state index in [1.165, 1.54) is 25.3 Å². The van der Waals surface area contributed by atoms with Gasteiger partial charge in [-0.1, -0.05) is 39.2 Å². The molecule has 0 saturated carbocycles. The third kappa shape index (κ3) is 19.5. The molecule has 3 heteroatoms. The second-order valence-electron chi connectivity index (χ2n) is 3.24. The molecule has 0 saturated heterocycles. The fourth-order valence-corrected chi connectivity index (χ4v) is 0.827. The first kappa shape index (κ1) is 16.6. The van der Waals surface area contributed by atoms with E-state index in [0.717, 1.165) is 12.8 Å². The lowest BCUT2D eigenvalue weighted by molar-refractivity contribution is -0.128. The Morgan fingerprint density at radius 1 is 1.33 bits per heavy atom. The lowest BCUT2D eigenvalue weighted by atomic mass is 10.2. The van der Waals surface area contributed by atoms with Crippen molar-refractivity contribution in [1.82, 2.24) is 0 Å². The zero-order chi connectivity index (χ0) is 11.9. The van der Waals surface area contributed by atoms with Gasteiger partial charge in [-0.2, -0.15) is 0 Å². The second kappa shape index (κ2) is 15.6. The lowest BCUT2D eigenvalue weighted by Crippen LogP contribution is -1.95. The summed E-state index contributed by atoms with van der Waals surface area (Å²) in [5, 5.41) is 8.55. The van der Waals surface area contributed by atoms with Crippen molar-refractivity contribution >= 4 is 6.47 Å². The molecular weight excluding hydrogens is 192 g/mol. The molecule has 0 spiro atoms. The average molecular weight is 216 g/mol. The van der Waals surface area contributed by atoms with Gasteiger partial charge in [0.2, 0.25) is 0 Å². The predicted molar refractivity (Wildman–Crippen MR) is 62.7 cm³/mol. The molecule has 0 aromatic rings. The van der Waals surface area contributed by atoms with E-state index in [1.54, 1.807) is 0 Å². The summed E-state index contributed by atoms with van der Waals surface area (Å²) in [6, 6.07) is 0. The van der Waals surface area contributed by atoms with Gasteiger partial charge in [0.05, 0.1) is 12.7 Å². The summed E-state index contributed by atoms with van der Waals surface area (Å²) in [6.45, 7) is 8.54. The van der Waals surface area contributed by atoms with Crippen LogP contribution >= 0.6 is 0 Å². The number of carbonyl (C=O) groups excluding carboxylic acids is 1. The number of carbonyl (C=O) groups is 1. The summed E-state index contributed by atoms with van der Waals surface area (Å²) in [5.74, 6) is 0. The SMILES string of the molecule is C=CC(O)CC.CCCCCCOC=O. The monoisotopic (exact) mass is 216 g/mol. The predicted octanol–water partition coefficient (Wildman–Crippen LogP) is 2.68. The van der Waals surface area contributed by atoms with Crippen LogP contribution in [0.5, 0.6) is 0 Å². The average Bonchev–Trinajstić information content (AvgIpc) is 2.29. The summed E-state index contributed by atoms with van der Waals surface area (Å²) in [4.78, 5) is 9.62.